The van der Waals surface area contributed by atoms with Crippen LogP contribution in [0.5, 0.6) is 0 Å². The third kappa shape index (κ3) is 3.94. The lowest BCUT2D eigenvalue weighted by Crippen LogP contribution is -2.56. The molecule has 0 unspecified atom stereocenters. The summed E-state index contributed by atoms with van der Waals surface area (Å²) in [5, 5.41) is 1.37. The molecular formula is C17H24N2O2. The largest absolute Gasteiger partial charge is 0.273 e. The van der Waals surface area contributed by atoms with Gasteiger partial charge in [-0.3, -0.25) is 15.0 Å². The molecule has 0 radical (unpaired) electrons. The smallest absolute Gasteiger partial charge is 0.268 e. The van der Waals surface area contributed by atoms with Crippen molar-refractivity contribution in [3.05, 3.63) is 47.0 Å². The van der Waals surface area contributed by atoms with Crippen LogP contribution in [0.3, 0.4) is 0 Å². The Labute approximate surface area is 126 Å². The number of amides is 2. The van der Waals surface area contributed by atoms with Gasteiger partial charge in [-0.25, -0.2) is 5.01 Å². The SMILES string of the molecule is C=C(C)C(=O)NN(C(=O)c1cccc(C)c1C)C(C)(C)C. The maximum absolute atomic E-state index is 12.8. The summed E-state index contributed by atoms with van der Waals surface area (Å²) in [5.41, 5.74) is 5.01. The molecule has 0 spiro atoms. The number of hydrazine groups is 1. The Balaban J connectivity index is 3.21. The lowest BCUT2D eigenvalue weighted by atomic mass is 10.0. The van der Waals surface area contributed by atoms with Gasteiger partial charge < -0.3 is 0 Å². The van der Waals surface area contributed by atoms with Crippen LogP contribution in [0, 0.1) is 13.8 Å². The van der Waals surface area contributed by atoms with Crippen LogP contribution in [0.4, 0.5) is 0 Å². The zero-order valence-electron chi connectivity index (χ0n) is 13.7. The molecule has 0 aliphatic carbocycles. The number of aryl methyl sites for hydroxylation is 1. The molecule has 0 atom stereocenters. The summed E-state index contributed by atoms with van der Waals surface area (Å²) < 4.78 is 0. The average molecular weight is 288 g/mol. The van der Waals surface area contributed by atoms with Crippen molar-refractivity contribution < 1.29 is 9.59 Å². The standard InChI is InChI=1S/C17H24N2O2/c1-11(2)15(20)18-19(17(5,6)7)16(21)14-10-8-9-12(3)13(14)4/h8-10H,1H2,2-7H3,(H,18,20). The molecule has 4 heteroatoms. The Morgan fingerprint density at radius 2 is 1.76 bits per heavy atom. The summed E-state index contributed by atoms with van der Waals surface area (Å²) in [6.45, 7) is 14.7. The molecule has 1 N–H and O–H groups in total. The highest BCUT2D eigenvalue weighted by atomic mass is 16.2. The van der Waals surface area contributed by atoms with E-state index < -0.39 is 5.54 Å². The number of carbonyl (C=O) groups is 2. The molecule has 0 aromatic heterocycles. The summed E-state index contributed by atoms with van der Waals surface area (Å²) in [5.74, 6) is -0.582. The molecule has 0 aliphatic heterocycles. The molecule has 0 bridgehead atoms. The molecule has 1 rings (SSSR count). The minimum atomic E-state index is -0.543. The molecule has 0 heterocycles. The van der Waals surface area contributed by atoms with Gasteiger partial charge in [-0.05, 0) is 58.7 Å². The first kappa shape index (κ1) is 17.0. The van der Waals surface area contributed by atoms with E-state index in [1.807, 2.05) is 46.8 Å². The van der Waals surface area contributed by atoms with E-state index in [1.54, 1.807) is 13.0 Å². The summed E-state index contributed by atoms with van der Waals surface area (Å²) in [6, 6.07) is 5.58. The fourth-order valence-corrected chi connectivity index (χ4v) is 1.82. The Bertz CT molecular complexity index is 583. The van der Waals surface area contributed by atoms with Crippen LogP contribution < -0.4 is 5.43 Å². The van der Waals surface area contributed by atoms with Gasteiger partial charge in [0.15, 0.2) is 0 Å². The Morgan fingerprint density at radius 3 is 2.24 bits per heavy atom. The van der Waals surface area contributed by atoms with E-state index in [0.29, 0.717) is 11.1 Å². The molecule has 0 fully saturated rings. The topological polar surface area (TPSA) is 49.4 Å². The zero-order valence-corrected chi connectivity index (χ0v) is 13.7. The molecule has 114 valence electrons. The molecule has 1 aromatic carbocycles. The van der Waals surface area contributed by atoms with Crippen LogP contribution >= 0.6 is 0 Å². The Morgan fingerprint density at radius 1 is 1.19 bits per heavy atom. The number of hydrogen-bond donors (Lipinski definition) is 1. The van der Waals surface area contributed by atoms with Crippen molar-refractivity contribution in [1.29, 1.82) is 0 Å². The molecule has 0 saturated carbocycles. The van der Waals surface area contributed by atoms with E-state index in [1.165, 1.54) is 5.01 Å². The van der Waals surface area contributed by atoms with Crippen molar-refractivity contribution >= 4 is 11.8 Å². The summed E-state index contributed by atoms with van der Waals surface area (Å²) >= 11 is 0. The summed E-state index contributed by atoms with van der Waals surface area (Å²) in [6.07, 6.45) is 0. The highest BCUT2D eigenvalue weighted by Gasteiger charge is 2.30. The van der Waals surface area contributed by atoms with E-state index in [4.69, 9.17) is 0 Å². The Hall–Kier alpha value is -2.10. The first-order chi connectivity index (χ1) is 9.55. The fourth-order valence-electron chi connectivity index (χ4n) is 1.82. The predicted octanol–water partition coefficient (Wildman–Crippen LogP) is 3.15. The number of hydrogen-bond acceptors (Lipinski definition) is 2. The normalized spacial score (nSPS) is 11.0. The van der Waals surface area contributed by atoms with Gasteiger partial charge in [0.2, 0.25) is 0 Å². The van der Waals surface area contributed by atoms with Crippen molar-refractivity contribution in [1.82, 2.24) is 10.4 Å². The quantitative estimate of drug-likeness (QED) is 0.671. The second-order valence-corrected chi connectivity index (χ2v) is 6.28. The number of nitrogens with zero attached hydrogens (tertiary/aromatic N) is 1. The van der Waals surface area contributed by atoms with Crippen LogP contribution in [0.15, 0.2) is 30.4 Å². The lowest BCUT2D eigenvalue weighted by Gasteiger charge is -2.36. The molecular weight excluding hydrogens is 264 g/mol. The molecule has 0 aliphatic rings. The minimum absolute atomic E-state index is 0.224. The second kappa shape index (κ2) is 6.12. The Kier molecular flexibility index (Phi) is 4.94. The predicted molar refractivity (Wildman–Crippen MR) is 84.8 cm³/mol. The van der Waals surface area contributed by atoms with Gasteiger partial charge >= 0.3 is 0 Å². The van der Waals surface area contributed by atoms with Gasteiger partial charge in [0.05, 0.1) is 5.54 Å². The van der Waals surface area contributed by atoms with Gasteiger partial charge in [-0.2, -0.15) is 0 Å². The maximum atomic E-state index is 12.8. The van der Waals surface area contributed by atoms with Gasteiger partial charge in [0.1, 0.15) is 0 Å². The van der Waals surface area contributed by atoms with Crippen LogP contribution in [0.1, 0.15) is 49.2 Å². The third-order valence-corrected chi connectivity index (χ3v) is 3.31. The number of benzene rings is 1. The minimum Gasteiger partial charge on any atom is -0.268 e. The van der Waals surface area contributed by atoms with Crippen molar-refractivity contribution in [2.45, 2.75) is 47.1 Å². The van der Waals surface area contributed by atoms with E-state index in [2.05, 4.69) is 12.0 Å². The van der Waals surface area contributed by atoms with Crippen LogP contribution in [-0.2, 0) is 4.79 Å². The van der Waals surface area contributed by atoms with Gasteiger partial charge in [0, 0.05) is 11.1 Å². The van der Waals surface area contributed by atoms with Gasteiger partial charge in [0.25, 0.3) is 11.8 Å². The molecule has 4 nitrogen and oxygen atoms in total. The third-order valence-electron chi connectivity index (χ3n) is 3.31. The molecule has 2 amide bonds. The highest BCUT2D eigenvalue weighted by molar-refractivity contribution is 5.99. The van der Waals surface area contributed by atoms with Crippen molar-refractivity contribution in [2.75, 3.05) is 0 Å². The number of rotatable bonds is 2. The van der Waals surface area contributed by atoms with E-state index in [9.17, 15) is 9.59 Å². The maximum Gasteiger partial charge on any atom is 0.273 e. The number of carbonyl (C=O) groups excluding carboxylic acids is 2. The lowest BCUT2D eigenvalue weighted by molar-refractivity contribution is -0.123. The first-order valence-corrected chi connectivity index (χ1v) is 6.93. The van der Waals surface area contributed by atoms with Crippen molar-refractivity contribution in [3.63, 3.8) is 0 Å². The summed E-state index contributed by atoms with van der Waals surface area (Å²) in [4.78, 5) is 24.7. The fraction of sp³-hybridized carbons (Fsp3) is 0.412. The molecule has 0 saturated heterocycles. The second-order valence-electron chi connectivity index (χ2n) is 6.28. The molecule has 1 aromatic rings. The van der Waals surface area contributed by atoms with E-state index in [0.717, 1.165) is 11.1 Å². The van der Waals surface area contributed by atoms with Crippen LogP contribution in [0.2, 0.25) is 0 Å². The number of nitrogens with one attached hydrogen (secondary N) is 1. The van der Waals surface area contributed by atoms with Crippen LogP contribution in [0.25, 0.3) is 0 Å². The first-order valence-electron chi connectivity index (χ1n) is 6.93. The highest BCUT2D eigenvalue weighted by Crippen LogP contribution is 2.19. The molecule has 21 heavy (non-hydrogen) atoms. The van der Waals surface area contributed by atoms with Crippen molar-refractivity contribution in [2.24, 2.45) is 0 Å². The van der Waals surface area contributed by atoms with Gasteiger partial charge in [-0.1, -0.05) is 18.7 Å². The van der Waals surface area contributed by atoms with Crippen LogP contribution in [-0.4, -0.2) is 22.4 Å². The van der Waals surface area contributed by atoms with E-state index in [-0.39, 0.29) is 11.8 Å². The van der Waals surface area contributed by atoms with E-state index >= 15 is 0 Å². The average Bonchev–Trinajstić information content (AvgIpc) is 2.36. The monoisotopic (exact) mass is 288 g/mol. The summed E-state index contributed by atoms with van der Waals surface area (Å²) in [7, 11) is 0. The zero-order chi connectivity index (χ0) is 16.4. The van der Waals surface area contributed by atoms with Gasteiger partial charge in [-0.15, -0.1) is 0 Å². The van der Waals surface area contributed by atoms with Crippen molar-refractivity contribution in [3.8, 4) is 0 Å².